The van der Waals surface area contributed by atoms with Gasteiger partial charge in [0.05, 0.1) is 0 Å². The van der Waals surface area contributed by atoms with Crippen molar-refractivity contribution in [3.8, 4) is 11.5 Å². The zero-order valence-electron chi connectivity index (χ0n) is 10.2. The molecule has 0 aliphatic heterocycles. The highest BCUT2D eigenvalue weighted by atomic mass is 79.9. The number of amidine groups is 1. The molecule has 2 rings (SSSR count). The third-order valence-corrected chi connectivity index (χ3v) is 3.25. The van der Waals surface area contributed by atoms with E-state index in [1.807, 2.05) is 0 Å². The normalized spacial score (nSPS) is 10.3. The van der Waals surface area contributed by atoms with Crippen LogP contribution in [0.1, 0.15) is 11.1 Å². The second-order valence-corrected chi connectivity index (χ2v) is 4.92. The molecule has 0 amide bonds. The van der Waals surface area contributed by atoms with Crippen molar-refractivity contribution in [3.63, 3.8) is 0 Å². The van der Waals surface area contributed by atoms with Gasteiger partial charge in [0.15, 0.2) is 0 Å². The maximum atomic E-state index is 13.1. The van der Waals surface area contributed by atoms with Crippen molar-refractivity contribution >= 4 is 21.8 Å². The number of rotatable bonds is 3. The second-order valence-electron chi connectivity index (χ2n) is 4.07. The number of ether oxygens (including phenoxy) is 1. The van der Waals surface area contributed by atoms with E-state index >= 15 is 0 Å². The topological polar surface area (TPSA) is 59.1 Å². The van der Waals surface area contributed by atoms with E-state index in [4.69, 9.17) is 15.9 Å². The van der Waals surface area contributed by atoms with E-state index in [1.165, 1.54) is 6.07 Å². The lowest BCUT2D eigenvalue weighted by Gasteiger charge is -2.09. The summed E-state index contributed by atoms with van der Waals surface area (Å²) < 4.78 is 19.4. The largest absolute Gasteiger partial charge is 0.457 e. The molecule has 0 aliphatic carbocycles. The molecule has 0 aliphatic rings. The Morgan fingerprint density at radius 1 is 1.21 bits per heavy atom. The molecular formula is C14H12BrFN2O. The van der Waals surface area contributed by atoms with Gasteiger partial charge in [-0.25, -0.2) is 4.39 Å². The highest BCUT2D eigenvalue weighted by molar-refractivity contribution is 9.10. The predicted octanol–water partition coefficient (Wildman–Crippen LogP) is 3.97. The van der Waals surface area contributed by atoms with Crippen molar-refractivity contribution in [3.05, 3.63) is 57.8 Å². The number of hydrogen-bond acceptors (Lipinski definition) is 2. The minimum atomic E-state index is -0.263. The van der Waals surface area contributed by atoms with Gasteiger partial charge in [-0.3, -0.25) is 5.41 Å². The molecule has 0 radical (unpaired) electrons. The Labute approximate surface area is 118 Å². The Kier molecular flexibility index (Phi) is 3.85. The van der Waals surface area contributed by atoms with Gasteiger partial charge in [0.2, 0.25) is 0 Å². The molecule has 0 bridgehead atoms. The third-order valence-electron chi connectivity index (χ3n) is 2.60. The zero-order chi connectivity index (χ0) is 14.0. The van der Waals surface area contributed by atoms with E-state index in [0.29, 0.717) is 27.1 Å². The van der Waals surface area contributed by atoms with Crippen LogP contribution in [0, 0.1) is 18.2 Å². The summed E-state index contributed by atoms with van der Waals surface area (Å²) in [4.78, 5) is 0. The van der Waals surface area contributed by atoms with Gasteiger partial charge in [0.1, 0.15) is 23.2 Å². The smallest absolute Gasteiger partial charge is 0.128 e. The maximum Gasteiger partial charge on any atom is 0.128 e. The first-order valence-electron chi connectivity index (χ1n) is 5.55. The van der Waals surface area contributed by atoms with Gasteiger partial charge in [-0.05, 0) is 64.8 Å². The Bertz CT molecular complexity index is 643. The molecule has 19 heavy (non-hydrogen) atoms. The molecule has 3 nitrogen and oxygen atoms in total. The maximum absolute atomic E-state index is 13.1. The van der Waals surface area contributed by atoms with Crippen LogP contribution < -0.4 is 10.5 Å². The summed E-state index contributed by atoms with van der Waals surface area (Å²) in [5.74, 6) is 0.862. The van der Waals surface area contributed by atoms with Crippen LogP contribution in [0.5, 0.6) is 11.5 Å². The average molecular weight is 323 g/mol. The number of nitrogens with one attached hydrogen (secondary N) is 1. The van der Waals surface area contributed by atoms with Crippen LogP contribution in [0.4, 0.5) is 4.39 Å². The lowest BCUT2D eigenvalue weighted by molar-refractivity contribution is 0.479. The van der Waals surface area contributed by atoms with Gasteiger partial charge in [-0.1, -0.05) is 0 Å². The fourth-order valence-corrected chi connectivity index (χ4v) is 2.17. The van der Waals surface area contributed by atoms with E-state index in [0.717, 1.165) is 0 Å². The molecular weight excluding hydrogens is 311 g/mol. The van der Waals surface area contributed by atoms with Crippen LogP contribution in [0.3, 0.4) is 0 Å². The number of halogens is 2. The molecule has 0 unspecified atom stereocenters. The summed E-state index contributed by atoms with van der Waals surface area (Å²) in [5.41, 5.74) is 6.55. The standard InChI is InChI=1S/C14H12BrFN2O/c1-8-6-9(3-5-13(8)16)19-10-2-4-11(14(17)18)12(15)7-10/h2-7H,1H3,(H3,17,18). The van der Waals surface area contributed by atoms with E-state index in [-0.39, 0.29) is 11.7 Å². The number of aryl methyl sites for hydroxylation is 1. The first-order chi connectivity index (χ1) is 8.97. The predicted molar refractivity (Wildman–Crippen MR) is 76.4 cm³/mol. The zero-order valence-corrected chi connectivity index (χ0v) is 11.8. The second kappa shape index (κ2) is 5.40. The Morgan fingerprint density at radius 2 is 1.84 bits per heavy atom. The summed E-state index contributed by atoms with van der Waals surface area (Å²) in [5, 5.41) is 7.38. The lowest BCUT2D eigenvalue weighted by Crippen LogP contribution is -2.11. The summed E-state index contributed by atoms with van der Waals surface area (Å²) >= 11 is 3.33. The summed E-state index contributed by atoms with van der Waals surface area (Å²) in [7, 11) is 0. The Hall–Kier alpha value is -1.88. The molecule has 0 spiro atoms. The minimum Gasteiger partial charge on any atom is -0.457 e. The molecule has 5 heteroatoms. The number of nitrogens with two attached hydrogens (primary N) is 1. The van der Waals surface area contributed by atoms with E-state index in [9.17, 15) is 4.39 Å². The van der Waals surface area contributed by atoms with Crippen LogP contribution in [0.25, 0.3) is 0 Å². The fourth-order valence-electron chi connectivity index (χ4n) is 1.59. The van der Waals surface area contributed by atoms with Crippen LogP contribution in [0.2, 0.25) is 0 Å². The van der Waals surface area contributed by atoms with Crippen LogP contribution >= 0.6 is 15.9 Å². The van der Waals surface area contributed by atoms with Crippen LogP contribution in [-0.2, 0) is 0 Å². The molecule has 0 saturated heterocycles. The van der Waals surface area contributed by atoms with E-state index in [1.54, 1.807) is 37.3 Å². The molecule has 0 heterocycles. The summed E-state index contributed by atoms with van der Waals surface area (Å²) in [6, 6.07) is 9.68. The number of benzene rings is 2. The van der Waals surface area contributed by atoms with Gasteiger partial charge in [-0.15, -0.1) is 0 Å². The van der Waals surface area contributed by atoms with E-state index < -0.39 is 0 Å². The molecule has 2 aromatic carbocycles. The van der Waals surface area contributed by atoms with Crippen LogP contribution in [0.15, 0.2) is 40.9 Å². The van der Waals surface area contributed by atoms with Crippen molar-refractivity contribution in [1.82, 2.24) is 0 Å². The Morgan fingerprint density at radius 3 is 2.42 bits per heavy atom. The summed E-state index contributed by atoms with van der Waals surface area (Å²) in [6.07, 6.45) is 0. The highest BCUT2D eigenvalue weighted by Crippen LogP contribution is 2.27. The molecule has 0 fully saturated rings. The first kappa shape index (κ1) is 13.5. The SMILES string of the molecule is Cc1cc(Oc2ccc(C(=N)N)c(Br)c2)ccc1F. The number of nitrogen functional groups attached to an aromatic ring is 1. The molecule has 0 atom stereocenters. The number of hydrogen-bond donors (Lipinski definition) is 2. The molecule has 2 aromatic rings. The quantitative estimate of drug-likeness (QED) is 0.663. The van der Waals surface area contributed by atoms with Crippen molar-refractivity contribution in [2.24, 2.45) is 5.73 Å². The van der Waals surface area contributed by atoms with Crippen molar-refractivity contribution in [2.75, 3.05) is 0 Å². The molecule has 0 saturated carbocycles. The van der Waals surface area contributed by atoms with Gasteiger partial charge < -0.3 is 10.5 Å². The van der Waals surface area contributed by atoms with E-state index in [2.05, 4.69) is 15.9 Å². The Balaban J connectivity index is 2.26. The lowest BCUT2D eigenvalue weighted by atomic mass is 10.2. The fraction of sp³-hybridized carbons (Fsp3) is 0.0714. The monoisotopic (exact) mass is 322 g/mol. The van der Waals surface area contributed by atoms with Gasteiger partial charge >= 0.3 is 0 Å². The average Bonchev–Trinajstić information content (AvgIpc) is 2.33. The van der Waals surface area contributed by atoms with Crippen LogP contribution in [-0.4, -0.2) is 5.84 Å². The van der Waals surface area contributed by atoms with Gasteiger partial charge in [0, 0.05) is 10.0 Å². The molecule has 0 aromatic heterocycles. The molecule has 98 valence electrons. The highest BCUT2D eigenvalue weighted by Gasteiger charge is 2.06. The van der Waals surface area contributed by atoms with Gasteiger partial charge in [0.25, 0.3) is 0 Å². The van der Waals surface area contributed by atoms with Gasteiger partial charge in [-0.2, -0.15) is 0 Å². The first-order valence-corrected chi connectivity index (χ1v) is 6.34. The minimum absolute atomic E-state index is 0.0175. The van der Waals surface area contributed by atoms with Crippen molar-refractivity contribution in [1.29, 1.82) is 5.41 Å². The van der Waals surface area contributed by atoms with Crippen molar-refractivity contribution in [2.45, 2.75) is 6.92 Å². The molecule has 3 N–H and O–H groups in total. The van der Waals surface area contributed by atoms with Crippen molar-refractivity contribution < 1.29 is 9.13 Å². The summed E-state index contributed by atoms with van der Waals surface area (Å²) in [6.45, 7) is 1.68. The third kappa shape index (κ3) is 3.12.